The highest BCUT2D eigenvalue weighted by Gasteiger charge is 2.33. The minimum absolute atomic E-state index is 0.0435. The minimum Gasteiger partial charge on any atom is -0.483 e. The maximum absolute atomic E-state index is 12.6. The van der Waals surface area contributed by atoms with E-state index in [1.165, 1.54) is 12.1 Å². The van der Waals surface area contributed by atoms with Crippen LogP contribution in [0, 0.1) is 12.8 Å². The van der Waals surface area contributed by atoms with Crippen molar-refractivity contribution < 1.29 is 27.5 Å². The molecular formula is C16H21F3N2O3. The van der Waals surface area contributed by atoms with Gasteiger partial charge in [0.05, 0.1) is 5.56 Å². The molecule has 0 unspecified atom stereocenters. The number of amides is 2. The van der Waals surface area contributed by atoms with Gasteiger partial charge in [0.2, 0.25) is 0 Å². The van der Waals surface area contributed by atoms with Crippen LogP contribution in [0.25, 0.3) is 0 Å². The first-order valence-electron chi connectivity index (χ1n) is 7.37. The summed E-state index contributed by atoms with van der Waals surface area (Å²) in [5, 5.41) is 0. The molecule has 1 aromatic rings. The van der Waals surface area contributed by atoms with Gasteiger partial charge in [0.1, 0.15) is 12.3 Å². The highest BCUT2D eigenvalue weighted by molar-refractivity contribution is 5.95. The molecule has 5 nitrogen and oxygen atoms in total. The summed E-state index contributed by atoms with van der Waals surface area (Å²) >= 11 is 0. The second kappa shape index (κ2) is 8.03. The van der Waals surface area contributed by atoms with E-state index in [1.54, 1.807) is 26.8 Å². The Hall–Kier alpha value is -2.25. The van der Waals surface area contributed by atoms with Gasteiger partial charge >= 0.3 is 6.18 Å². The molecule has 0 spiro atoms. The van der Waals surface area contributed by atoms with Crippen molar-refractivity contribution in [1.29, 1.82) is 0 Å². The SMILES string of the molecule is Cc1ccc(C(N)=O)c(OCC(=O)N(CC(C)C)CC(F)(F)F)c1. The van der Waals surface area contributed by atoms with E-state index in [9.17, 15) is 22.8 Å². The van der Waals surface area contributed by atoms with Crippen LogP contribution in [0.5, 0.6) is 5.75 Å². The fraction of sp³-hybridized carbons (Fsp3) is 0.500. The van der Waals surface area contributed by atoms with Crippen molar-refractivity contribution in [3.05, 3.63) is 29.3 Å². The molecule has 0 heterocycles. The van der Waals surface area contributed by atoms with Crippen LogP contribution in [0.3, 0.4) is 0 Å². The number of carbonyl (C=O) groups excluding carboxylic acids is 2. The molecule has 24 heavy (non-hydrogen) atoms. The van der Waals surface area contributed by atoms with E-state index < -0.39 is 31.1 Å². The normalized spacial score (nSPS) is 11.5. The molecule has 0 bridgehead atoms. The summed E-state index contributed by atoms with van der Waals surface area (Å²) in [6.45, 7) is 3.18. The molecule has 0 aliphatic rings. The van der Waals surface area contributed by atoms with Crippen LogP contribution in [-0.2, 0) is 4.79 Å². The Kier molecular flexibility index (Phi) is 6.62. The average Bonchev–Trinajstić information content (AvgIpc) is 2.41. The van der Waals surface area contributed by atoms with E-state index >= 15 is 0 Å². The fourth-order valence-corrected chi connectivity index (χ4v) is 2.10. The smallest absolute Gasteiger partial charge is 0.406 e. The molecule has 0 saturated heterocycles. The molecule has 134 valence electrons. The summed E-state index contributed by atoms with van der Waals surface area (Å²) in [5.74, 6) is -1.60. The van der Waals surface area contributed by atoms with Gasteiger partial charge in [-0.25, -0.2) is 0 Å². The zero-order valence-electron chi connectivity index (χ0n) is 13.8. The number of nitrogens with zero attached hydrogens (tertiary/aromatic N) is 1. The third-order valence-electron chi connectivity index (χ3n) is 3.06. The fourth-order valence-electron chi connectivity index (χ4n) is 2.10. The van der Waals surface area contributed by atoms with Gasteiger partial charge in [0.15, 0.2) is 6.61 Å². The van der Waals surface area contributed by atoms with Crippen molar-refractivity contribution in [2.24, 2.45) is 11.7 Å². The lowest BCUT2D eigenvalue weighted by Gasteiger charge is -2.25. The lowest BCUT2D eigenvalue weighted by atomic mass is 10.1. The number of nitrogens with two attached hydrogens (primary N) is 1. The first kappa shape index (κ1) is 19.8. The van der Waals surface area contributed by atoms with Gasteiger partial charge in [-0.2, -0.15) is 13.2 Å². The summed E-state index contributed by atoms with van der Waals surface area (Å²) < 4.78 is 43.1. The highest BCUT2D eigenvalue weighted by atomic mass is 19.4. The molecule has 0 aromatic heterocycles. The molecule has 0 fully saturated rings. The van der Waals surface area contributed by atoms with E-state index in [4.69, 9.17) is 10.5 Å². The first-order valence-corrected chi connectivity index (χ1v) is 7.37. The van der Waals surface area contributed by atoms with E-state index in [2.05, 4.69) is 0 Å². The van der Waals surface area contributed by atoms with Crippen LogP contribution >= 0.6 is 0 Å². The van der Waals surface area contributed by atoms with Crippen molar-refractivity contribution in [2.45, 2.75) is 26.9 Å². The second-order valence-electron chi connectivity index (χ2n) is 5.94. The Balaban J connectivity index is 2.85. The summed E-state index contributed by atoms with van der Waals surface area (Å²) in [4.78, 5) is 24.1. The Morgan fingerprint density at radius 3 is 2.42 bits per heavy atom. The Labute approximate surface area is 138 Å². The lowest BCUT2D eigenvalue weighted by Crippen LogP contribution is -2.43. The largest absolute Gasteiger partial charge is 0.483 e. The third kappa shape index (κ3) is 6.47. The molecule has 0 radical (unpaired) electrons. The van der Waals surface area contributed by atoms with Crippen LogP contribution in [0.1, 0.15) is 29.8 Å². The predicted octanol–water partition coefficient (Wildman–Crippen LogP) is 2.52. The Morgan fingerprint density at radius 2 is 1.92 bits per heavy atom. The number of hydrogen-bond acceptors (Lipinski definition) is 3. The van der Waals surface area contributed by atoms with E-state index in [-0.39, 0.29) is 23.8 Å². The van der Waals surface area contributed by atoms with Crippen LogP contribution in [0.15, 0.2) is 18.2 Å². The van der Waals surface area contributed by atoms with E-state index in [0.29, 0.717) is 4.90 Å². The van der Waals surface area contributed by atoms with Crippen molar-refractivity contribution in [3.8, 4) is 5.75 Å². The molecule has 0 aliphatic carbocycles. The zero-order valence-corrected chi connectivity index (χ0v) is 13.8. The van der Waals surface area contributed by atoms with Crippen molar-refractivity contribution in [1.82, 2.24) is 4.90 Å². The van der Waals surface area contributed by atoms with Crippen LogP contribution < -0.4 is 10.5 Å². The number of rotatable bonds is 7. The van der Waals surface area contributed by atoms with E-state index in [0.717, 1.165) is 5.56 Å². The highest BCUT2D eigenvalue weighted by Crippen LogP contribution is 2.21. The van der Waals surface area contributed by atoms with Gasteiger partial charge in [-0.15, -0.1) is 0 Å². The summed E-state index contributed by atoms with van der Waals surface area (Å²) in [6.07, 6.45) is -4.49. The number of carbonyl (C=O) groups is 2. The molecule has 0 atom stereocenters. The van der Waals surface area contributed by atoms with Gasteiger partial charge < -0.3 is 15.4 Å². The van der Waals surface area contributed by atoms with Gasteiger partial charge in [-0.3, -0.25) is 9.59 Å². The molecule has 1 aromatic carbocycles. The maximum atomic E-state index is 12.6. The van der Waals surface area contributed by atoms with Gasteiger partial charge in [0.25, 0.3) is 11.8 Å². The van der Waals surface area contributed by atoms with Gasteiger partial charge in [0, 0.05) is 6.54 Å². The first-order chi connectivity index (χ1) is 11.0. The average molecular weight is 346 g/mol. The molecule has 0 saturated carbocycles. The monoisotopic (exact) mass is 346 g/mol. The van der Waals surface area contributed by atoms with E-state index in [1.807, 2.05) is 0 Å². The summed E-state index contributed by atoms with van der Waals surface area (Å²) in [5.41, 5.74) is 6.05. The Morgan fingerprint density at radius 1 is 1.29 bits per heavy atom. The third-order valence-corrected chi connectivity index (χ3v) is 3.06. The summed E-state index contributed by atoms with van der Waals surface area (Å²) in [7, 11) is 0. The van der Waals surface area contributed by atoms with Crippen molar-refractivity contribution in [3.63, 3.8) is 0 Å². The maximum Gasteiger partial charge on any atom is 0.406 e. The number of primary amides is 1. The number of ether oxygens (including phenoxy) is 1. The predicted molar refractivity (Wildman–Crippen MR) is 82.7 cm³/mol. The lowest BCUT2D eigenvalue weighted by molar-refractivity contribution is -0.163. The number of hydrogen-bond donors (Lipinski definition) is 1. The number of aryl methyl sites for hydroxylation is 1. The summed E-state index contributed by atoms with van der Waals surface area (Å²) in [6, 6.07) is 4.59. The van der Waals surface area contributed by atoms with Crippen molar-refractivity contribution in [2.75, 3.05) is 19.7 Å². The molecule has 8 heteroatoms. The van der Waals surface area contributed by atoms with Crippen LogP contribution in [-0.4, -0.2) is 42.6 Å². The van der Waals surface area contributed by atoms with Gasteiger partial charge in [-0.1, -0.05) is 19.9 Å². The number of benzene rings is 1. The second-order valence-corrected chi connectivity index (χ2v) is 5.94. The Bertz CT molecular complexity index is 601. The molecule has 1 rings (SSSR count). The van der Waals surface area contributed by atoms with Crippen LogP contribution in [0.2, 0.25) is 0 Å². The minimum atomic E-state index is -4.49. The molecular weight excluding hydrogens is 325 g/mol. The molecule has 0 aliphatic heterocycles. The molecule has 2 N–H and O–H groups in total. The topological polar surface area (TPSA) is 72.6 Å². The standard InChI is InChI=1S/C16H21F3N2O3/c1-10(2)7-21(9-16(17,18)19)14(22)8-24-13-6-11(3)4-5-12(13)15(20)23/h4-6,10H,7-9H2,1-3H3,(H2,20,23). The van der Waals surface area contributed by atoms with Crippen molar-refractivity contribution >= 4 is 11.8 Å². The number of alkyl halides is 3. The molecule has 2 amide bonds. The number of halogens is 3. The zero-order chi connectivity index (χ0) is 18.5. The van der Waals surface area contributed by atoms with Crippen LogP contribution in [0.4, 0.5) is 13.2 Å². The van der Waals surface area contributed by atoms with Gasteiger partial charge in [-0.05, 0) is 30.5 Å². The quantitative estimate of drug-likeness (QED) is 0.824.